The third-order valence-electron chi connectivity index (χ3n) is 2.13. The van der Waals surface area contributed by atoms with Crippen LogP contribution in [0.2, 0.25) is 5.02 Å². The standard InChI is InChI=1S/C10H12BrClO4/c1-16-8-3-5(2-6(12)10(8)15)9(14)7(13)4-11/h2-3,7,9,13-15H,4H2,1H3. The molecule has 1 aromatic rings. The van der Waals surface area contributed by atoms with Gasteiger partial charge in [0, 0.05) is 5.33 Å². The van der Waals surface area contributed by atoms with Crippen molar-refractivity contribution in [1.29, 1.82) is 0 Å². The summed E-state index contributed by atoms with van der Waals surface area (Å²) in [7, 11) is 1.38. The number of phenols is 1. The van der Waals surface area contributed by atoms with Crippen LogP contribution in [-0.2, 0) is 0 Å². The number of alkyl halides is 1. The molecular weight excluding hydrogens is 299 g/mol. The van der Waals surface area contributed by atoms with E-state index in [9.17, 15) is 15.3 Å². The van der Waals surface area contributed by atoms with Crippen molar-refractivity contribution in [1.82, 2.24) is 0 Å². The average molecular weight is 312 g/mol. The molecule has 16 heavy (non-hydrogen) atoms. The van der Waals surface area contributed by atoms with Gasteiger partial charge in [0.05, 0.1) is 18.2 Å². The smallest absolute Gasteiger partial charge is 0.176 e. The number of hydrogen-bond donors (Lipinski definition) is 3. The molecule has 2 atom stereocenters. The van der Waals surface area contributed by atoms with E-state index in [0.717, 1.165) is 0 Å². The lowest BCUT2D eigenvalue weighted by molar-refractivity contribution is 0.0341. The van der Waals surface area contributed by atoms with Gasteiger partial charge in [-0.15, -0.1) is 0 Å². The van der Waals surface area contributed by atoms with Crippen molar-refractivity contribution in [2.75, 3.05) is 12.4 Å². The first-order valence-corrected chi connectivity index (χ1v) is 5.99. The van der Waals surface area contributed by atoms with Crippen molar-refractivity contribution in [3.8, 4) is 11.5 Å². The van der Waals surface area contributed by atoms with E-state index in [1.807, 2.05) is 0 Å². The lowest BCUT2D eigenvalue weighted by atomic mass is 10.0. The van der Waals surface area contributed by atoms with Gasteiger partial charge < -0.3 is 20.1 Å². The highest BCUT2D eigenvalue weighted by Crippen LogP contribution is 2.37. The lowest BCUT2D eigenvalue weighted by Gasteiger charge is -2.17. The minimum atomic E-state index is -1.09. The quantitative estimate of drug-likeness (QED) is 0.742. The van der Waals surface area contributed by atoms with Crippen molar-refractivity contribution in [3.63, 3.8) is 0 Å². The molecule has 0 saturated heterocycles. The van der Waals surface area contributed by atoms with Crippen molar-refractivity contribution >= 4 is 27.5 Å². The number of ether oxygens (including phenoxy) is 1. The van der Waals surface area contributed by atoms with E-state index < -0.39 is 12.2 Å². The molecule has 0 saturated carbocycles. The van der Waals surface area contributed by atoms with E-state index in [4.69, 9.17) is 16.3 Å². The van der Waals surface area contributed by atoms with Gasteiger partial charge in [-0.3, -0.25) is 0 Å². The molecule has 0 aliphatic carbocycles. The number of halogens is 2. The maximum atomic E-state index is 9.75. The first kappa shape index (κ1) is 13.6. The molecule has 90 valence electrons. The van der Waals surface area contributed by atoms with Gasteiger partial charge in [0.2, 0.25) is 0 Å². The number of aliphatic hydroxyl groups is 2. The Morgan fingerprint density at radius 3 is 2.56 bits per heavy atom. The number of aliphatic hydroxyl groups excluding tert-OH is 2. The summed E-state index contributed by atoms with van der Waals surface area (Å²) in [5.41, 5.74) is 0.381. The first-order valence-electron chi connectivity index (χ1n) is 4.49. The Morgan fingerprint density at radius 1 is 1.44 bits per heavy atom. The third kappa shape index (κ3) is 2.79. The zero-order valence-electron chi connectivity index (χ0n) is 8.52. The molecule has 0 bridgehead atoms. The normalized spacial score (nSPS) is 14.6. The maximum Gasteiger partial charge on any atom is 0.176 e. The summed E-state index contributed by atoms with van der Waals surface area (Å²) in [6.07, 6.45) is -2.04. The van der Waals surface area contributed by atoms with E-state index in [1.54, 1.807) is 0 Å². The van der Waals surface area contributed by atoms with E-state index in [2.05, 4.69) is 15.9 Å². The van der Waals surface area contributed by atoms with Crippen LogP contribution in [-0.4, -0.2) is 33.9 Å². The fourth-order valence-corrected chi connectivity index (χ4v) is 1.80. The second-order valence-corrected chi connectivity index (χ2v) is 4.27. The van der Waals surface area contributed by atoms with Gasteiger partial charge in [-0.25, -0.2) is 0 Å². The number of methoxy groups -OCH3 is 1. The molecule has 1 aromatic carbocycles. The van der Waals surface area contributed by atoms with Crippen LogP contribution in [0.4, 0.5) is 0 Å². The SMILES string of the molecule is COc1cc(C(O)C(O)CBr)cc(Cl)c1O. The summed E-state index contributed by atoms with van der Waals surface area (Å²) < 4.78 is 4.89. The zero-order chi connectivity index (χ0) is 12.3. The van der Waals surface area contributed by atoms with Crippen LogP contribution >= 0.6 is 27.5 Å². The maximum absolute atomic E-state index is 9.75. The number of aromatic hydroxyl groups is 1. The van der Waals surface area contributed by atoms with Gasteiger partial charge in [0.25, 0.3) is 0 Å². The number of hydrogen-bond acceptors (Lipinski definition) is 4. The molecule has 4 nitrogen and oxygen atoms in total. The molecule has 6 heteroatoms. The summed E-state index contributed by atoms with van der Waals surface area (Å²) in [6.45, 7) is 0. The van der Waals surface area contributed by atoms with E-state index in [0.29, 0.717) is 5.56 Å². The van der Waals surface area contributed by atoms with Gasteiger partial charge in [-0.05, 0) is 17.7 Å². The number of rotatable bonds is 4. The molecule has 0 amide bonds. The van der Waals surface area contributed by atoms with Gasteiger partial charge in [-0.1, -0.05) is 27.5 Å². The van der Waals surface area contributed by atoms with Gasteiger partial charge in [0.15, 0.2) is 11.5 Å². The van der Waals surface area contributed by atoms with Crippen molar-refractivity contribution in [2.24, 2.45) is 0 Å². The highest BCUT2D eigenvalue weighted by molar-refractivity contribution is 9.09. The first-order chi connectivity index (χ1) is 7.51. The van der Waals surface area contributed by atoms with Crippen molar-refractivity contribution < 1.29 is 20.1 Å². The third-order valence-corrected chi connectivity index (χ3v) is 3.09. The topological polar surface area (TPSA) is 69.9 Å². The Labute approximate surface area is 107 Å². The van der Waals surface area contributed by atoms with Crippen LogP contribution in [0.3, 0.4) is 0 Å². The lowest BCUT2D eigenvalue weighted by Crippen LogP contribution is -2.19. The molecule has 0 aliphatic heterocycles. The van der Waals surface area contributed by atoms with Crippen LogP contribution in [0, 0.1) is 0 Å². The Balaban J connectivity index is 3.10. The predicted octanol–water partition coefficient (Wildman–Crippen LogP) is 1.84. The molecule has 0 aliphatic rings. The summed E-state index contributed by atoms with van der Waals surface area (Å²) in [5.74, 6) is -0.0308. The minimum Gasteiger partial charge on any atom is -0.503 e. The van der Waals surface area contributed by atoms with Crippen molar-refractivity contribution in [3.05, 3.63) is 22.7 Å². The minimum absolute atomic E-state index is 0.0650. The van der Waals surface area contributed by atoms with E-state index in [1.165, 1.54) is 19.2 Å². The van der Waals surface area contributed by atoms with Crippen LogP contribution in [0.1, 0.15) is 11.7 Å². The van der Waals surface area contributed by atoms with Gasteiger partial charge in [0.1, 0.15) is 6.10 Å². The monoisotopic (exact) mass is 310 g/mol. The Morgan fingerprint density at radius 2 is 2.06 bits per heavy atom. The van der Waals surface area contributed by atoms with Crippen LogP contribution in [0.5, 0.6) is 11.5 Å². The molecule has 2 unspecified atom stereocenters. The number of benzene rings is 1. The van der Waals surface area contributed by atoms with Crippen molar-refractivity contribution in [2.45, 2.75) is 12.2 Å². The summed E-state index contributed by atoms with van der Waals surface area (Å²) >= 11 is 8.81. The Hall–Kier alpha value is -0.490. The molecular formula is C10H12BrClO4. The summed E-state index contributed by atoms with van der Waals surface area (Å²) in [6, 6.07) is 2.81. The molecule has 0 radical (unpaired) electrons. The molecule has 1 rings (SSSR count). The Kier molecular flexibility index (Phi) is 4.86. The van der Waals surface area contributed by atoms with Crippen LogP contribution in [0.15, 0.2) is 12.1 Å². The van der Waals surface area contributed by atoms with Crippen LogP contribution < -0.4 is 4.74 Å². The zero-order valence-corrected chi connectivity index (χ0v) is 10.9. The van der Waals surface area contributed by atoms with Gasteiger partial charge >= 0.3 is 0 Å². The predicted molar refractivity (Wildman–Crippen MR) is 64.4 cm³/mol. The van der Waals surface area contributed by atoms with Gasteiger partial charge in [-0.2, -0.15) is 0 Å². The highest BCUT2D eigenvalue weighted by Gasteiger charge is 2.20. The summed E-state index contributed by atoms with van der Waals surface area (Å²) in [5, 5.41) is 29.0. The molecule has 0 aromatic heterocycles. The summed E-state index contributed by atoms with van der Waals surface area (Å²) in [4.78, 5) is 0. The average Bonchev–Trinajstić information content (AvgIpc) is 2.30. The fraction of sp³-hybridized carbons (Fsp3) is 0.400. The molecule has 0 fully saturated rings. The second kappa shape index (κ2) is 5.72. The van der Waals surface area contributed by atoms with E-state index >= 15 is 0 Å². The molecule has 3 N–H and O–H groups in total. The largest absolute Gasteiger partial charge is 0.503 e. The van der Waals surface area contributed by atoms with E-state index in [-0.39, 0.29) is 21.9 Å². The fourth-order valence-electron chi connectivity index (χ4n) is 1.23. The molecule has 0 heterocycles. The second-order valence-electron chi connectivity index (χ2n) is 3.22. The van der Waals surface area contributed by atoms with Crippen LogP contribution in [0.25, 0.3) is 0 Å². The number of phenolic OH excluding ortho intramolecular Hbond substituents is 1. The molecule has 0 spiro atoms. The highest BCUT2D eigenvalue weighted by atomic mass is 79.9. The Bertz CT molecular complexity index is 372.